The van der Waals surface area contributed by atoms with Crippen LogP contribution >= 0.6 is 0 Å². The lowest BCUT2D eigenvalue weighted by molar-refractivity contribution is 0.251. The molecule has 4 aromatic rings. The highest BCUT2D eigenvalue weighted by Crippen LogP contribution is 2.23. The van der Waals surface area contributed by atoms with Crippen LogP contribution in [0.1, 0.15) is 11.1 Å². The number of rotatable bonds is 5. The molecule has 0 spiro atoms. The first kappa shape index (κ1) is 18.7. The van der Waals surface area contributed by atoms with Gasteiger partial charge >= 0.3 is 6.03 Å². The number of aryl methyl sites for hydroxylation is 2. The van der Waals surface area contributed by atoms with Gasteiger partial charge in [0.25, 0.3) is 0 Å². The molecule has 0 aliphatic rings. The number of urea groups is 1. The van der Waals surface area contributed by atoms with Gasteiger partial charge in [-0.2, -0.15) is 0 Å². The third-order valence-corrected chi connectivity index (χ3v) is 4.83. The van der Waals surface area contributed by atoms with E-state index < -0.39 is 0 Å². The maximum atomic E-state index is 12.3. The summed E-state index contributed by atoms with van der Waals surface area (Å²) >= 11 is 0. The smallest absolute Gasteiger partial charge is 0.319 e. The molecule has 6 heteroatoms. The summed E-state index contributed by atoms with van der Waals surface area (Å²) in [6, 6.07) is 19.6. The van der Waals surface area contributed by atoms with Crippen molar-refractivity contribution in [3.05, 3.63) is 78.0 Å². The van der Waals surface area contributed by atoms with Crippen molar-refractivity contribution in [2.45, 2.75) is 20.4 Å². The number of nitrogens with zero attached hydrogens (tertiary/aromatic N) is 3. The topological polar surface area (TPSA) is 71.8 Å². The van der Waals surface area contributed by atoms with Crippen LogP contribution in [-0.2, 0) is 6.54 Å². The van der Waals surface area contributed by atoms with Crippen LogP contribution in [-0.4, -0.2) is 27.1 Å². The largest absolute Gasteiger partial charge is 0.336 e. The first-order valence-electron chi connectivity index (χ1n) is 9.60. The van der Waals surface area contributed by atoms with Gasteiger partial charge in [0.1, 0.15) is 11.3 Å². The quantitative estimate of drug-likeness (QED) is 0.530. The van der Waals surface area contributed by atoms with E-state index in [1.54, 1.807) is 6.20 Å². The minimum absolute atomic E-state index is 0.228. The zero-order valence-electron chi connectivity index (χ0n) is 16.5. The number of hydrogen-bond acceptors (Lipinski definition) is 3. The normalized spacial score (nSPS) is 10.8. The van der Waals surface area contributed by atoms with Crippen LogP contribution in [0.4, 0.5) is 10.5 Å². The van der Waals surface area contributed by atoms with Gasteiger partial charge in [-0.3, -0.25) is 0 Å². The van der Waals surface area contributed by atoms with E-state index in [9.17, 15) is 4.79 Å². The van der Waals surface area contributed by atoms with Gasteiger partial charge in [0.05, 0.1) is 0 Å². The molecule has 0 unspecified atom stereocenters. The van der Waals surface area contributed by atoms with Gasteiger partial charge in [-0.1, -0.05) is 48.0 Å². The van der Waals surface area contributed by atoms with E-state index in [1.165, 1.54) is 5.56 Å². The fraction of sp³-hybridized carbons (Fsp3) is 0.174. The number of pyridine rings is 1. The van der Waals surface area contributed by atoms with Gasteiger partial charge in [0.15, 0.2) is 5.65 Å². The average molecular weight is 385 g/mol. The monoisotopic (exact) mass is 385 g/mol. The number of para-hydroxylation sites is 1. The lowest BCUT2D eigenvalue weighted by atomic mass is 10.1. The summed E-state index contributed by atoms with van der Waals surface area (Å²) in [4.78, 5) is 21.5. The molecular weight excluding hydrogens is 362 g/mol. The lowest BCUT2D eigenvalue weighted by Crippen LogP contribution is -2.31. The summed E-state index contributed by atoms with van der Waals surface area (Å²) in [5, 5.41) is 5.81. The Labute approximate surface area is 169 Å². The van der Waals surface area contributed by atoms with Crippen molar-refractivity contribution in [2.24, 2.45) is 0 Å². The number of anilines is 1. The second-order valence-electron chi connectivity index (χ2n) is 7.00. The Morgan fingerprint density at radius 3 is 2.59 bits per heavy atom. The molecule has 2 aromatic heterocycles. The lowest BCUT2D eigenvalue weighted by Gasteiger charge is -2.12. The molecule has 2 aromatic carbocycles. The Kier molecular flexibility index (Phi) is 5.24. The highest BCUT2D eigenvalue weighted by molar-refractivity contribution is 5.90. The fourth-order valence-electron chi connectivity index (χ4n) is 3.25. The Balaban J connectivity index is 1.51. The van der Waals surface area contributed by atoms with Crippen molar-refractivity contribution in [3.63, 3.8) is 0 Å². The molecule has 0 fully saturated rings. The van der Waals surface area contributed by atoms with Gasteiger partial charge in [0.2, 0.25) is 0 Å². The summed E-state index contributed by atoms with van der Waals surface area (Å²) in [5.41, 5.74) is 5.70. The molecule has 4 rings (SSSR count). The molecular formula is C23H23N5O. The van der Waals surface area contributed by atoms with Gasteiger partial charge in [-0.15, -0.1) is 0 Å². The standard InChI is InChI=1S/C23H23N5O/c1-16-9-11-18(12-10-16)21-26-20-8-5-13-24-22(20)28(21)15-14-25-23(29)27-19-7-4-3-6-17(19)2/h3-13H,14-15H2,1-2H3,(H2,25,27,29). The summed E-state index contributed by atoms with van der Waals surface area (Å²) in [6.45, 7) is 5.05. The third kappa shape index (κ3) is 4.11. The number of benzene rings is 2. The maximum absolute atomic E-state index is 12.3. The van der Waals surface area contributed by atoms with Crippen molar-refractivity contribution >= 4 is 22.9 Å². The molecule has 2 heterocycles. The predicted molar refractivity (Wildman–Crippen MR) is 116 cm³/mol. The average Bonchev–Trinajstić information content (AvgIpc) is 3.09. The molecule has 0 bridgehead atoms. The van der Waals surface area contributed by atoms with Crippen LogP contribution in [0.25, 0.3) is 22.6 Å². The van der Waals surface area contributed by atoms with Crippen LogP contribution in [0.2, 0.25) is 0 Å². The fourth-order valence-corrected chi connectivity index (χ4v) is 3.25. The van der Waals surface area contributed by atoms with E-state index in [0.29, 0.717) is 13.1 Å². The highest BCUT2D eigenvalue weighted by atomic mass is 16.2. The second-order valence-corrected chi connectivity index (χ2v) is 7.00. The Hall–Kier alpha value is -3.67. The Morgan fingerprint density at radius 1 is 1.00 bits per heavy atom. The molecule has 0 atom stereocenters. The number of carbonyl (C=O) groups excluding carboxylic acids is 1. The molecule has 0 aliphatic carbocycles. The summed E-state index contributed by atoms with van der Waals surface area (Å²) < 4.78 is 2.05. The third-order valence-electron chi connectivity index (χ3n) is 4.83. The summed E-state index contributed by atoms with van der Waals surface area (Å²) in [5.74, 6) is 0.847. The van der Waals surface area contributed by atoms with Gasteiger partial charge in [0, 0.05) is 30.5 Å². The van der Waals surface area contributed by atoms with Crippen LogP contribution in [0, 0.1) is 13.8 Å². The summed E-state index contributed by atoms with van der Waals surface area (Å²) in [6.07, 6.45) is 1.76. The molecule has 0 radical (unpaired) electrons. The van der Waals surface area contributed by atoms with Gasteiger partial charge in [-0.25, -0.2) is 14.8 Å². The van der Waals surface area contributed by atoms with E-state index >= 15 is 0 Å². The van der Waals surface area contributed by atoms with Crippen LogP contribution in [0.5, 0.6) is 0 Å². The van der Waals surface area contributed by atoms with Crippen molar-refractivity contribution in [3.8, 4) is 11.4 Å². The zero-order chi connectivity index (χ0) is 20.2. The number of amides is 2. The molecule has 0 aliphatic heterocycles. The zero-order valence-corrected chi connectivity index (χ0v) is 16.5. The van der Waals surface area contributed by atoms with Crippen LogP contribution < -0.4 is 10.6 Å². The molecule has 6 nitrogen and oxygen atoms in total. The molecule has 29 heavy (non-hydrogen) atoms. The van der Waals surface area contributed by atoms with E-state index in [4.69, 9.17) is 4.98 Å². The van der Waals surface area contributed by atoms with E-state index in [2.05, 4.69) is 46.8 Å². The number of hydrogen-bond donors (Lipinski definition) is 2. The Bertz CT molecular complexity index is 1150. The number of nitrogens with one attached hydrogen (secondary N) is 2. The predicted octanol–water partition coefficient (Wildman–Crippen LogP) is 4.54. The first-order valence-corrected chi connectivity index (χ1v) is 9.60. The molecule has 0 saturated heterocycles. The Morgan fingerprint density at radius 2 is 1.79 bits per heavy atom. The van der Waals surface area contributed by atoms with Crippen molar-refractivity contribution in [1.82, 2.24) is 19.9 Å². The number of aromatic nitrogens is 3. The number of imidazole rings is 1. The van der Waals surface area contributed by atoms with Crippen molar-refractivity contribution < 1.29 is 4.79 Å². The van der Waals surface area contributed by atoms with Crippen LogP contribution in [0.15, 0.2) is 66.9 Å². The maximum Gasteiger partial charge on any atom is 0.319 e. The molecule has 146 valence electrons. The van der Waals surface area contributed by atoms with Gasteiger partial charge < -0.3 is 15.2 Å². The van der Waals surface area contributed by atoms with Crippen molar-refractivity contribution in [1.29, 1.82) is 0 Å². The molecule has 2 N–H and O–H groups in total. The van der Waals surface area contributed by atoms with Crippen molar-refractivity contribution in [2.75, 3.05) is 11.9 Å². The highest BCUT2D eigenvalue weighted by Gasteiger charge is 2.13. The first-order chi connectivity index (χ1) is 14.1. The SMILES string of the molecule is Cc1ccc(-c2nc3cccnc3n2CCNC(=O)Nc2ccccc2C)cc1. The minimum atomic E-state index is -0.228. The van der Waals surface area contributed by atoms with Gasteiger partial charge in [-0.05, 0) is 37.6 Å². The van der Waals surface area contributed by atoms with Crippen LogP contribution in [0.3, 0.4) is 0 Å². The number of carbonyl (C=O) groups is 1. The van der Waals surface area contributed by atoms with E-state index in [1.807, 2.05) is 47.9 Å². The molecule has 2 amide bonds. The summed E-state index contributed by atoms with van der Waals surface area (Å²) in [7, 11) is 0. The van der Waals surface area contributed by atoms with E-state index in [0.717, 1.165) is 33.8 Å². The minimum Gasteiger partial charge on any atom is -0.336 e. The molecule has 0 saturated carbocycles. The van der Waals surface area contributed by atoms with E-state index in [-0.39, 0.29) is 6.03 Å². The second kappa shape index (κ2) is 8.14. The number of fused-ring (bicyclic) bond motifs is 1.